The Morgan fingerprint density at radius 1 is 1.29 bits per heavy atom. The number of aliphatic hydroxyl groups excluding tert-OH is 1. The zero-order valence-electron chi connectivity index (χ0n) is 10.6. The van der Waals surface area contributed by atoms with Crippen molar-refractivity contribution in [2.45, 2.75) is 26.7 Å². The highest BCUT2D eigenvalue weighted by Gasteiger charge is 2.16. The number of rotatable bonds is 5. The Morgan fingerprint density at radius 3 is 2.47 bits per heavy atom. The summed E-state index contributed by atoms with van der Waals surface area (Å²) in [5.74, 6) is 0.551. The Labute approximate surface area is 102 Å². The summed E-state index contributed by atoms with van der Waals surface area (Å²) >= 11 is 0. The molecular weight excluding hydrogens is 216 g/mol. The Hall–Kier alpha value is -1.67. The molecule has 0 unspecified atom stereocenters. The number of anilines is 1. The van der Waals surface area contributed by atoms with Crippen molar-refractivity contribution in [3.8, 4) is 6.07 Å². The van der Waals surface area contributed by atoms with Crippen molar-refractivity contribution < 1.29 is 5.11 Å². The lowest BCUT2D eigenvalue weighted by molar-refractivity contribution is 0.303. The number of aliphatic hydroxyl groups is 1. The van der Waals surface area contributed by atoms with Gasteiger partial charge in [-0.1, -0.05) is 13.8 Å². The van der Waals surface area contributed by atoms with Crippen molar-refractivity contribution in [2.75, 3.05) is 25.1 Å². The van der Waals surface area contributed by atoms with E-state index in [9.17, 15) is 5.26 Å². The van der Waals surface area contributed by atoms with Crippen LogP contribution in [0.1, 0.15) is 30.7 Å². The van der Waals surface area contributed by atoms with Crippen LogP contribution in [0.15, 0.2) is 0 Å². The van der Waals surface area contributed by atoms with Gasteiger partial charge in [-0.2, -0.15) is 10.4 Å². The van der Waals surface area contributed by atoms with Crippen molar-refractivity contribution in [1.29, 1.82) is 5.26 Å². The molecule has 1 N–H and O–H groups in total. The highest BCUT2D eigenvalue weighted by Crippen LogP contribution is 2.22. The van der Waals surface area contributed by atoms with Gasteiger partial charge in [0.1, 0.15) is 11.6 Å². The predicted molar refractivity (Wildman–Crippen MR) is 65.9 cm³/mol. The molecule has 0 bridgehead atoms. The van der Waals surface area contributed by atoms with E-state index < -0.39 is 0 Å². The van der Waals surface area contributed by atoms with Crippen LogP contribution < -0.4 is 4.90 Å². The molecule has 0 radical (unpaired) electrons. The molecule has 0 aliphatic carbocycles. The molecule has 17 heavy (non-hydrogen) atoms. The molecule has 5 heteroatoms. The molecule has 1 aromatic heterocycles. The molecule has 0 atom stereocenters. The molecule has 0 aliphatic rings. The highest BCUT2D eigenvalue weighted by atomic mass is 16.3. The van der Waals surface area contributed by atoms with Gasteiger partial charge >= 0.3 is 0 Å². The summed E-state index contributed by atoms with van der Waals surface area (Å²) in [5, 5.41) is 26.4. The molecule has 0 saturated carbocycles. The van der Waals surface area contributed by atoms with E-state index in [4.69, 9.17) is 5.11 Å². The third kappa shape index (κ3) is 2.71. The van der Waals surface area contributed by atoms with Crippen LogP contribution in [-0.2, 0) is 12.8 Å². The van der Waals surface area contributed by atoms with Crippen LogP contribution >= 0.6 is 0 Å². The van der Waals surface area contributed by atoms with Crippen molar-refractivity contribution >= 4 is 5.82 Å². The van der Waals surface area contributed by atoms with Gasteiger partial charge in [-0.3, -0.25) is 0 Å². The molecule has 0 aliphatic heterocycles. The standard InChI is InChI=1S/C12H18N4O/c1-4-9-10(8-13)12(16(3)6-7-17)15-14-11(9)5-2/h17H,4-7H2,1-3H3. The van der Waals surface area contributed by atoms with Crippen LogP contribution in [0.3, 0.4) is 0 Å². The number of hydrogen-bond donors (Lipinski definition) is 1. The first-order valence-corrected chi connectivity index (χ1v) is 5.80. The van der Waals surface area contributed by atoms with E-state index >= 15 is 0 Å². The van der Waals surface area contributed by atoms with Crippen LogP contribution in [0.25, 0.3) is 0 Å². The number of aryl methyl sites for hydroxylation is 1. The lowest BCUT2D eigenvalue weighted by Crippen LogP contribution is -2.24. The van der Waals surface area contributed by atoms with Crippen LogP contribution in [-0.4, -0.2) is 35.5 Å². The quantitative estimate of drug-likeness (QED) is 0.819. The summed E-state index contributed by atoms with van der Waals surface area (Å²) in [6.07, 6.45) is 1.54. The molecule has 1 heterocycles. The summed E-state index contributed by atoms with van der Waals surface area (Å²) in [6, 6.07) is 2.20. The topological polar surface area (TPSA) is 73.0 Å². The van der Waals surface area contributed by atoms with Crippen molar-refractivity contribution in [1.82, 2.24) is 10.2 Å². The van der Waals surface area contributed by atoms with Gasteiger partial charge in [-0.15, -0.1) is 5.10 Å². The third-order valence-corrected chi connectivity index (χ3v) is 2.74. The van der Waals surface area contributed by atoms with Crippen LogP contribution in [0, 0.1) is 11.3 Å². The zero-order chi connectivity index (χ0) is 12.8. The molecular formula is C12H18N4O. The fourth-order valence-corrected chi connectivity index (χ4v) is 1.80. The summed E-state index contributed by atoms with van der Waals surface area (Å²) in [6.45, 7) is 4.48. The highest BCUT2D eigenvalue weighted by molar-refractivity contribution is 5.57. The largest absolute Gasteiger partial charge is 0.395 e. The molecule has 1 rings (SSSR count). The fraction of sp³-hybridized carbons (Fsp3) is 0.583. The second-order valence-corrected chi connectivity index (χ2v) is 3.79. The molecule has 0 aromatic carbocycles. The summed E-state index contributed by atoms with van der Waals surface area (Å²) in [7, 11) is 1.80. The first kappa shape index (κ1) is 13.4. The number of nitrogens with zero attached hydrogens (tertiary/aromatic N) is 4. The van der Waals surface area contributed by atoms with E-state index in [2.05, 4.69) is 16.3 Å². The predicted octanol–water partition coefficient (Wildman–Crippen LogP) is 0.902. The van der Waals surface area contributed by atoms with Gasteiger partial charge in [0.15, 0.2) is 5.82 Å². The number of likely N-dealkylation sites (N-methyl/N-ethyl adjacent to an activating group) is 1. The van der Waals surface area contributed by atoms with Crippen molar-refractivity contribution in [3.63, 3.8) is 0 Å². The minimum atomic E-state index is 0.0278. The monoisotopic (exact) mass is 234 g/mol. The zero-order valence-corrected chi connectivity index (χ0v) is 10.6. The molecule has 92 valence electrons. The SMILES string of the molecule is CCc1nnc(N(C)CCO)c(C#N)c1CC. The van der Waals surface area contributed by atoms with E-state index in [1.54, 1.807) is 11.9 Å². The van der Waals surface area contributed by atoms with E-state index in [0.29, 0.717) is 17.9 Å². The van der Waals surface area contributed by atoms with Crippen molar-refractivity contribution in [3.05, 3.63) is 16.8 Å². The smallest absolute Gasteiger partial charge is 0.169 e. The lowest BCUT2D eigenvalue weighted by Gasteiger charge is -2.19. The minimum absolute atomic E-state index is 0.0278. The Bertz CT molecular complexity index is 425. The number of nitriles is 1. The fourth-order valence-electron chi connectivity index (χ4n) is 1.80. The summed E-state index contributed by atoms with van der Waals surface area (Å²) in [4.78, 5) is 1.75. The third-order valence-electron chi connectivity index (χ3n) is 2.74. The summed E-state index contributed by atoms with van der Waals surface area (Å²) < 4.78 is 0. The molecule has 1 aromatic rings. The molecule has 5 nitrogen and oxygen atoms in total. The van der Waals surface area contributed by atoms with Crippen molar-refractivity contribution in [2.24, 2.45) is 0 Å². The van der Waals surface area contributed by atoms with E-state index in [1.807, 2.05) is 13.8 Å². The Balaban J connectivity index is 3.29. The van der Waals surface area contributed by atoms with Crippen LogP contribution in [0.5, 0.6) is 0 Å². The molecule has 0 spiro atoms. The summed E-state index contributed by atoms with van der Waals surface area (Å²) in [5.41, 5.74) is 2.42. The molecule has 0 amide bonds. The average molecular weight is 234 g/mol. The average Bonchev–Trinajstić information content (AvgIpc) is 2.36. The second kappa shape index (κ2) is 6.16. The number of aromatic nitrogens is 2. The van der Waals surface area contributed by atoms with Gasteiger partial charge in [-0.05, 0) is 18.4 Å². The van der Waals surface area contributed by atoms with E-state index in [0.717, 1.165) is 24.1 Å². The van der Waals surface area contributed by atoms with Crippen LogP contribution in [0.4, 0.5) is 5.82 Å². The normalized spacial score (nSPS) is 10.1. The number of hydrogen-bond acceptors (Lipinski definition) is 5. The van der Waals surface area contributed by atoms with E-state index in [-0.39, 0.29) is 6.61 Å². The van der Waals surface area contributed by atoms with Gasteiger partial charge in [0, 0.05) is 13.6 Å². The lowest BCUT2D eigenvalue weighted by atomic mass is 10.0. The van der Waals surface area contributed by atoms with Gasteiger partial charge < -0.3 is 10.0 Å². The van der Waals surface area contributed by atoms with Gasteiger partial charge in [0.05, 0.1) is 12.3 Å². The molecule has 0 saturated heterocycles. The molecule has 0 fully saturated rings. The van der Waals surface area contributed by atoms with Gasteiger partial charge in [-0.25, -0.2) is 0 Å². The minimum Gasteiger partial charge on any atom is -0.395 e. The van der Waals surface area contributed by atoms with Gasteiger partial charge in [0.25, 0.3) is 0 Å². The maximum Gasteiger partial charge on any atom is 0.169 e. The van der Waals surface area contributed by atoms with Gasteiger partial charge in [0.2, 0.25) is 0 Å². The maximum absolute atomic E-state index is 9.26. The second-order valence-electron chi connectivity index (χ2n) is 3.79. The van der Waals surface area contributed by atoms with Crippen LogP contribution in [0.2, 0.25) is 0 Å². The first-order chi connectivity index (χ1) is 8.19. The Kier molecular flexibility index (Phi) is 4.85. The van der Waals surface area contributed by atoms with E-state index in [1.165, 1.54) is 0 Å². The maximum atomic E-state index is 9.26. The first-order valence-electron chi connectivity index (χ1n) is 5.80. The Morgan fingerprint density at radius 2 is 2.00 bits per heavy atom.